The van der Waals surface area contributed by atoms with Crippen LogP contribution in [0, 0.1) is 6.92 Å². The number of nitrogens with one attached hydrogen (secondary N) is 1. The molecule has 0 spiro atoms. The van der Waals surface area contributed by atoms with Gasteiger partial charge in [-0.3, -0.25) is 10.5 Å². The lowest BCUT2D eigenvalue weighted by Gasteiger charge is -2.17. The molecule has 0 fully saturated rings. The number of hydrogen-bond donors (Lipinski definition) is 2. The van der Waals surface area contributed by atoms with Crippen LogP contribution >= 0.6 is 0 Å². The number of aromatic nitrogens is 2. The molecule has 0 saturated heterocycles. The van der Waals surface area contributed by atoms with Crippen LogP contribution in [-0.2, 0) is 7.05 Å². The van der Waals surface area contributed by atoms with Gasteiger partial charge < -0.3 is 0 Å². The van der Waals surface area contributed by atoms with Gasteiger partial charge in [0.1, 0.15) is 0 Å². The Labute approximate surface area is 114 Å². The number of hydrazine groups is 1. The van der Waals surface area contributed by atoms with E-state index in [4.69, 9.17) is 5.84 Å². The molecule has 102 valence electrons. The Kier molecular flexibility index (Phi) is 4.02. The van der Waals surface area contributed by atoms with Crippen LogP contribution < -0.4 is 11.3 Å². The summed E-state index contributed by atoms with van der Waals surface area (Å²) in [6.45, 7) is 6.37. The lowest BCUT2D eigenvalue weighted by Crippen LogP contribution is -2.30. The molecular formula is C15H22N4. The Morgan fingerprint density at radius 3 is 2.16 bits per heavy atom. The van der Waals surface area contributed by atoms with Gasteiger partial charge in [0.05, 0.1) is 17.4 Å². The van der Waals surface area contributed by atoms with E-state index >= 15 is 0 Å². The van der Waals surface area contributed by atoms with Crippen molar-refractivity contribution in [1.29, 1.82) is 0 Å². The van der Waals surface area contributed by atoms with Gasteiger partial charge in [0, 0.05) is 7.05 Å². The molecule has 2 rings (SSSR count). The average molecular weight is 258 g/mol. The van der Waals surface area contributed by atoms with Gasteiger partial charge in [0.15, 0.2) is 0 Å². The van der Waals surface area contributed by atoms with E-state index < -0.39 is 0 Å². The Balaban J connectivity index is 2.34. The van der Waals surface area contributed by atoms with Crippen molar-refractivity contribution in [2.24, 2.45) is 12.9 Å². The molecule has 4 nitrogen and oxygen atoms in total. The zero-order valence-corrected chi connectivity index (χ0v) is 12.0. The Morgan fingerprint density at radius 1 is 1.16 bits per heavy atom. The number of benzene rings is 1. The molecule has 3 N–H and O–H groups in total. The van der Waals surface area contributed by atoms with E-state index in [0.717, 1.165) is 17.0 Å². The van der Waals surface area contributed by atoms with Gasteiger partial charge in [-0.1, -0.05) is 38.1 Å². The van der Waals surface area contributed by atoms with Gasteiger partial charge in [0.25, 0.3) is 0 Å². The molecular weight excluding hydrogens is 236 g/mol. The number of hydrogen-bond acceptors (Lipinski definition) is 3. The number of nitrogens with two attached hydrogens (primary N) is 1. The first-order valence-corrected chi connectivity index (χ1v) is 6.59. The fourth-order valence-electron chi connectivity index (χ4n) is 2.33. The first-order valence-electron chi connectivity index (χ1n) is 6.59. The number of rotatable bonds is 4. The quantitative estimate of drug-likeness (QED) is 0.654. The Bertz CT molecular complexity index is 540. The lowest BCUT2D eigenvalue weighted by atomic mass is 9.98. The van der Waals surface area contributed by atoms with Crippen LogP contribution in [-0.4, -0.2) is 9.78 Å². The van der Waals surface area contributed by atoms with Gasteiger partial charge >= 0.3 is 0 Å². The van der Waals surface area contributed by atoms with Crippen LogP contribution in [0.15, 0.2) is 30.3 Å². The third kappa shape index (κ3) is 2.85. The van der Waals surface area contributed by atoms with Crippen molar-refractivity contribution in [3.05, 3.63) is 52.8 Å². The molecule has 0 bridgehead atoms. The summed E-state index contributed by atoms with van der Waals surface area (Å²) in [5.41, 5.74) is 7.42. The van der Waals surface area contributed by atoms with E-state index in [1.165, 1.54) is 5.56 Å². The normalized spacial score (nSPS) is 12.9. The average Bonchev–Trinajstić information content (AvgIpc) is 2.70. The molecule has 1 aromatic heterocycles. The third-order valence-electron chi connectivity index (χ3n) is 3.44. The van der Waals surface area contributed by atoms with Gasteiger partial charge in [-0.2, -0.15) is 5.10 Å². The van der Waals surface area contributed by atoms with Crippen LogP contribution in [0.3, 0.4) is 0 Å². The van der Waals surface area contributed by atoms with Gasteiger partial charge in [-0.05, 0) is 30.0 Å². The van der Waals surface area contributed by atoms with E-state index in [2.05, 4.69) is 54.7 Å². The molecule has 1 heterocycles. The lowest BCUT2D eigenvalue weighted by molar-refractivity contribution is 0.574. The monoisotopic (exact) mass is 258 g/mol. The highest BCUT2D eigenvalue weighted by atomic mass is 15.3. The van der Waals surface area contributed by atoms with E-state index in [9.17, 15) is 0 Å². The smallest absolute Gasteiger partial charge is 0.0878 e. The van der Waals surface area contributed by atoms with Crippen molar-refractivity contribution in [2.45, 2.75) is 32.7 Å². The molecule has 1 unspecified atom stereocenters. The maximum absolute atomic E-state index is 5.72. The van der Waals surface area contributed by atoms with Gasteiger partial charge in [-0.25, -0.2) is 5.43 Å². The maximum atomic E-state index is 5.72. The zero-order valence-electron chi connectivity index (χ0n) is 12.0. The zero-order chi connectivity index (χ0) is 14.0. The Hall–Kier alpha value is -1.65. The molecule has 2 aromatic rings. The van der Waals surface area contributed by atoms with Crippen molar-refractivity contribution < 1.29 is 0 Å². The minimum absolute atomic E-state index is 0.0348. The van der Waals surface area contributed by atoms with Crippen LogP contribution in [0.25, 0.3) is 0 Å². The molecule has 4 heteroatoms. The topological polar surface area (TPSA) is 55.9 Å². The predicted molar refractivity (Wildman–Crippen MR) is 77.6 cm³/mol. The van der Waals surface area contributed by atoms with Crippen molar-refractivity contribution in [3.8, 4) is 0 Å². The van der Waals surface area contributed by atoms with Gasteiger partial charge in [0.2, 0.25) is 0 Å². The highest BCUT2D eigenvalue weighted by molar-refractivity contribution is 5.32. The van der Waals surface area contributed by atoms with Crippen molar-refractivity contribution >= 4 is 0 Å². The summed E-state index contributed by atoms with van der Waals surface area (Å²) in [5.74, 6) is 6.26. The first-order chi connectivity index (χ1) is 9.02. The van der Waals surface area contributed by atoms with Gasteiger partial charge in [-0.15, -0.1) is 0 Å². The first kappa shape index (κ1) is 13.8. The molecule has 0 aliphatic heterocycles. The molecule has 1 atom stereocenters. The summed E-state index contributed by atoms with van der Waals surface area (Å²) in [4.78, 5) is 0. The minimum Gasteiger partial charge on any atom is -0.271 e. The fraction of sp³-hybridized carbons (Fsp3) is 0.400. The van der Waals surface area contributed by atoms with Crippen molar-refractivity contribution in [2.75, 3.05) is 0 Å². The second-order valence-corrected chi connectivity index (χ2v) is 5.26. The molecule has 0 saturated carbocycles. The summed E-state index contributed by atoms with van der Waals surface area (Å²) in [6, 6.07) is 10.6. The Morgan fingerprint density at radius 2 is 1.74 bits per heavy atom. The van der Waals surface area contributed by atoms with Crippen LogP contribution in [0.5, 0.6) is 0 Å². The summed E-state index contributed by atoms with van der Waals surface area (Å²) in [6.07, 6.45) is 0. The largest absolute Gasteiger partial charge is 0.271 e. The minimum atomic E-state index is -0.0348. The highest BCUT2D eigenvalue weighted by Gasteiger charge is 2.16. The second kappa shape index (κ2) is 5.55. The third-order valence-corrected chi connectivity index (χ3v) is 3.44. The van der Waals surface area contributed by atoms with Crippen molar-refractivity contribution in [1.82, 2.24) is 15.2 Å². The standard InChI is InChI=1S/C15H22N4/c1-10(2)12-5-7-13(8-6-12)15(17-16)14-9-11(3)18-19(14)4/h5-10,15,17H,16H2,1-4H3. The van der Waals surface area contributed by atoms with E-state index in [1.807, 2.05) is 18.7 Å². The van der Waals surface area contributed by atoms with Crippen LogP contribution in [0.1, 0.15) is 48.3 Å². The molecule has 0 radical (unpaired) electrons. The number of nitrogens with zero attached hydrogens (tertiary/aromatic N) is 2. The molecule has 0 amide bonds. The van der Waals surface area contributed by atoms with Crippen LogP contribution in [0.4, 0.5) is 0 Å². The predicted octanol–water partition coefficient (Wildman–Crippen LogP) is 2.40. The second-order valence-electron chi connectivity index (χ2n) is 5.26. The fourth-order valence-corrected chi connectivity index (χ4v) is 2.33. The van der Waals surface area contributed by atoms with Crippen molar-refractivity contribution in [3.63, 3.8) is 0 Å². The maximum Gasteiger partial charge on any atom is 0.0878 e. The molecule has 0 aliphatic rings. The van der Waals surface area contributed by atoms with E-state index in [0.29, 0.717) is 5.92 Å². The number of aryl methyl sites for hydroxylation is 2. The summed E-state index contributed by atoms with van der Waals surface area (Å²) >= 11 is 0. The van der Waals surface area contributed by atoms with Crippen LogP contribution in [0.2, 0.25) is 0 Å². The SMILES string of the molecule is Cc1cc(C(NN)c2ccc(C(C)C)cc2)n(C)n1. The molecule has 1 aromatic carbocycles. The van der Waals surface area contributed by atoms with E-state index in [-0.39, 0.29) is 6.04 Å². The highest BCUT2D eigenvalue weighted by Crippen LogP contribution is 2.23. The summed E-state index contributed by atoms with van der Waals surface area (Å²) in [7, 11) is 1.94. The van der Waals surface area contributed by atoms with E-state index in [1.54, 1.807) is 0 Å². The summed E-state index contributed by atoms with van der Waals surface area (Å²) < 4.78 is 1.87. The molecule has 0 aliphatic carbocycles. The summed E-state index contributed by atoms with van der Waals surface area (Å²) in [5, 5.41) is 4.37. The molecule has 19 heavy (non-hydrogen) atoms.